The Bertz CT molecular complexity index is 576. The molecule has 8 heteroatoms. The maximum atomic E-state index is 11.9. The Morgan fingerprint density at radius 1 is 1.11 bits per heavy atom. The summed E-state index contributed by atoms with van der Waals surface area (Å²) in [7, 11) is -3.66. The van der Waals surface area contributed by atoms with Gasteiger partial charge in [-0.05, 0) is 12.1 Å². The van der Waals surface area contributed by atoms with Crippen molar-refractivity contribution in [2.24, 2.45) is 5.84 Å². The van der Waals surface area contributed by atoms with Gasteiger partial charge < -0.3 is 0 Å². The Balaban J connectivity index is 2.19. The van der Waals surface area contributed by atoms with Gasteiger partial charge in [0.15, 0.2) is 0 Å². The molecule has 0 saturated heterocycles. The van der Waals surface area contributed by atoms with Gasteiger partial charge in [-0.2, -0.15) is 4.83 Å². The third kappa shape index (κ3) is 2.13. The van der Waals surface area contributed by atoms with Crippen molar-refractivity contribution in [3.05, 3.63) is 35.4 Å². The van der Waals surface area contributed by atoms with Crippen molar-refractivity contribution in [1.82, 2.24) is 9.73 Å². The van der Waals surface area contributed by atoms with E-state index in [1.165, 1.54) is 12.1 Å². The molecule has 1 heterocycles. The van der Waals surface area contributed by atoms with Crippen LogP contribution in [0.1, 0.15) is 20.7 Å². The number of fused-ring (bicyclic) bond motifs is 1. The number of carbonyl (C=O) groups excluding carboxylic acids is 2. The highest BCUT2D eigenvalue weighted by Crippen LogP contribution is 2.21. The normalized spacial score (nSPS) is 15.1. The van der Waals surface area contributed by atoms with Crippen LogP contribution in [0.3, 0.4) is 0 Å². The zero-order valence-corrected chi connectivity index (χ0v) is 10.1. The van der Waals surface area contributed by atoms with Crippen LogP contribution in [0.2, 0.25) is 0 Å². The topological polar surface area (TPSA) is 110 Å². The van der Waals surface area contributed by atoms with Crippen LogP contribution in [0.15, 0.2) is 24.3 Å². The lowest BCUT2D eigenvalue weighted by atomic mass is 10.1. The number of imide groups is 1. The maximum absolute atomic E-state index is 11.9. The molecule has 0 fully saturated rings. The van der Waals surface area contributed by atoms with E-state index in [0.29, 0.717) is 11.1 Å². The molecule has 1 aromatic rings. The first-order valence-corrected chi connectivity index (χ1v) is 6.77. The van der Waals surface area contributed by atoms with Crippen LogP contribution in [-0.2, 0) is 10.0 Å². The van der Waals surface area contributed by atoms with Gasteiger partial charge in [-0.3, -0.25) is 20.3 Å². The predicted molar refractivity (Wildman–Crippen MR) is 62.9 cm³/mol. The minimum Gasteiger partial charge on any atom is -0.273 e. The number of carbonyl (C=O) groups is 2. The lowest BCUT2D eigenvalue weighted by Crippen LogP contribution is -2.39. The molecule has 2 rings (SSSR count). The van der Waals surface area contributed by atoms with Gasteiger partial charge in [-0.1, -0.05) is 12.1 Å². The molecule has 0 bridgehead atoms. The molecule has 0 saturated carbocycles. The van der Waals surface area contributed by atoms with Gasteiger partial charge in [0.05, 0.1) is 16.9 Å². The van der Waals surface area contributed by atoms with E-state index in [-0.39, 0.29) is 6.54 Å². The summed E-state index contributed by atoms with van der Waals surface area (Å²) in [4.78, 5) is 26.3. The van der Waals surface area contributed by atoms with Crippen LogP contribution in [0.25, 0.3) is 0 Å². The van der Waals surface area contributed by atoms with Crippen LogP contribution >= 0.6 is 0 Å². The zero-order valence-electron chi connectivity index (χ0n) is 9.29. The predicted octanol–water partition coefficient (Wildman–Crippen LogP) is -0.924. The van der Waals surface area contributed by atoms with Crippen molar-refractivity contribution in [3.8, 4) is 0 Å². The van der Waals surface area contributed by atoms with Crippen molar-refractivity contribution in [2.75, 3.05) is 12.3 Å². The standard InChI is InChI=1S/C10H11N3O4S/c11-12-18(16,17)6-5-13-9(14)7-3-1-2-4-8(7)10(13)15/h1-4,12H,5-6,11H2. The van der Waals surface area contributed by atoms with Gasteiger partial charge >= 0.3 is 0 Å². The maximum Gasteiger partial charge on any atom is 0.261 e. The summed E-state index contributed by atoms with van der Waals surface area (Å²) in [5.41, 5.74) is 0.584. The largest absolute Gasteiger partial charge is 0.273 e. The number of nitrogens with zero attached hydrogens (tertiary/aromatic N) is 1. The smallest absolute Gasteiger partial charge is 0.261 e. The lowest BCUT2D eigenvalue weighted by Gasteiger charge is -2.13. The van der Waals surface area contributed by atoms with Crippen LogP contribution in [0.4, 0.5) is 0 Å². The minimum absolute atomic E-state index is 0.223. The Labute approximate surface area is 104 Å². The van der Waals surface area contributed by atoms with Crippen molar-refractivity contribution in [2.45, 2.75) is 0 Å². The molecule has 0 radical (unpaired) electrons. The molecule has 0 spiro atoms. The van der Waals surface area contributed by atoms with Gasteiger partial charge in [-0.25, -0.2) is 8.42 Å². The summed E-state index contributed by atoms with van der Waals surface area (Å²) in [6.45, 7) is -0.223. The number of nitrogens with one attached hydrogen (secondary N) is 1. The van der Waals surface area contributed by atoms with Crippen molar-refractivity contribution in [1.29, 1.82) is 0 Å². The minimum atomic E-state index is -3.66. The lowest BCUT2D eigenvalue weighted by molar-refractivity contribution is 0.0664. The van der Waals surface area contributed by atoms with Gasteiger partial charge in [0.25, 0.3) is 11.8 Å². The molecule has 3 N–H and O–H groups in total. The Morgan fingerprint density at radius 2 is 1.61 bits per heavy atom. The summed E-state index contributed by atoms with van der Waals surface area (Å²) < 4.78 is 22.3. The number of sulfonamides is 1. The quantitative estimate of drug-likeness (QED) is 0.417. The van der Waals surface area contributed by atoms with Gasteiger partial charge in [0, 0.05) is 6.54 Å². The second-order valence-electron chi connectivity index (χ2n) is 3.74. The van der Waals surface area contributed by atoms with Gasteiger partial charge in [-0.15, -0.1) is 0 Å². The average molecular weight is 269 g/mol. The number of hydrogen-bond donors (Lipinski definition) is 2. The van der Waals surface area contributed by atoms with E-state index in [1.54, 1.807) is 17.0 Å². The molecular formula is C10H11N3O4S. The molecule has 7 nitrogen and oxygen atoms in total. The second-order valence-corrected chi connectivity index (χ2v) is 5.62. The fourth-order valence-corrected chi connectivity index (χ4v) is 2.25. The number of benzene rings is 1. The highest BCUT2D eigenvalue weighted by Gasteiger charge is 2.35. The zero-order chi connectivity index (χ0) is 13.3. The van der Waals surface area contributed by atoms with E-state index in [1.807, 2.05) is 0 Å². The molecule has 1 aromatic carbocycles. The van der Waals surface area contributed by atoms with E-state index in [0.717, 1.165) is 4.90 Å². The Kier molecular flexibility index (Phi) is 3.16. The van der Waals surface area contributed by atoms with Crippen LogP contribution in [0, 0.1) is 0 Å². The van der Waals surface area contributed by atoms with E-state index < -0.39 is 27.6 Å². The molecule has 0 unspecified atom stereocenters. The summed E-state index contributed by atoms with van der Waals surface area (Å²) >= 11 is 0. The number of rotatable bonds is 4. The van der Waals surface area contributed by atoms with Gasteiger partial charge in [0.2, 0.25) is 10.0 Å². The molecule has 0 aromatic heterocycles. The molecule has 0 aliphatic carbocycles. The third-order valence-electron chi connectivity index (χ3n) is 2.64. The molecular weight excluding hydrogens is 258 g/mol. The van der Waals surface area contributed by atoms with E-state index in [4.69, 9.17) is 5.84 Å². The van der Waals surface area contributed by atoms with Crippen molar-refractivity contribution >= 4 is 21.8 Å². The molecule has 96 valence electrons. The molecule has 2 amide bonds. The number of hydrogen-bond acceptors (Lipinski definition) is 5. The summed E-state index contributed by atoms with van der Waals surface area (Å²) in [6, 6.07) is 6.36. The summed E-state index contributed by atoms with van der Waals surface area (Å²) in [5.74, 6) is 3.43. The molecule has 0 atom stereocenters. The molecule has 1 aliphatic heterocycles. The van der Waals surface area contributed by atoms with Crippen LogP contribution in [0.5, 0.6) is 0 Å². The van der Waals surface area contributed by atoms with E-state index in [9.17, 15) is 18.0 Å². The Hall–Kier alpha value is -1.77. The number of nitrogens with two attached hydrogens (primary N) is 1. The average Bonchev–Trinajstić information content (AvgIpc) is 2.61. The molecule has 1 aliphatic rings. The van der Waals surface area contributed by atoms with Gasteiger partial charge in [0.1, 0.15) is 0 Å². The van der Waals surface area contributed by atoms with Crippen molar-refractivity contribution in [3.63, 3.8) is 0 Å². The first kappa shape index (κ1) is 12.7. The first-order valence-electron chi connectivity index (χ1n) is 5.11. The fourth-order valence-electron chi connectivity index (χ4n) is 1.71. The summed E-state index contributed by atoms with van der Waals surface area (Å²) in [6.07, 6.45) is 0. The number of hydrazine groups is 1. The molecule has 18 heavy (non-hydrogen) atoms. The van der Waals surface area contributed by atoms with E-state index >= 15 is 0 Å². The van der Waals surface area contributed by atoms with Crippen molar-refractivity contribution < 1.29 is 18.0 Å². The SMILES string of the molecule is NNS(=O)(=O)CCN1C(=O)c2ccccc2C1=O. The fraction of sp³-hybridized carbons (Fsp3) is 0.200. The highest BCUT2D eigenvalue weighted by molar-refractivity contribution is 7.89. The van der Waals surface area contributed by atoms with Crippen LogP contribution in [-0.4, -0.2) is 37.4 Å². The number of amides is 2. The third-order valence-corrected chi connectivity index (χ3v) is 3.72. The highest BCUT2D eigenvalue weighted by atomic mass is 32.2. The van der Waals surface area contributed by atoms with E-state index in [2.05, 4.69) is 0 Å². The monoisotopic (exact) mass is 269 g/mol. The Morgan fingerprint density at radius 3 is 2.06 bits per heavy atom. The second kappa shape index (κ2) is 4.48. The van der Waals surface area contributed by atoms with Crippen LogP contribution < -0.4 is 10.7 Å². The first-order chi connectivity index (χ1) is 8.46. The summed E-state index contributed by atoms with van der Waals surface area (Å²) in [5, 5.41) is 0.